The monoisotopic (exact) mass is 401 g/mol. The maximum absolute atomic E-state index is 12.4. The Morgan fingerprint density at radius 2 is 2.04 bits per heavy atom. The van der Waals surface area contributed by atoms with Crippen LogP contribution in [0.3, 0.4) is 0 Å². The largest absolute Gasteiger partial charge is 0.451 e. The lowest BCUT2D eigenvalue weighted by molar-refractivity contribution is -0.136. The fourth-order valence-electron chi connectivity index (χ4n) is 3.25. The molecule has 1 aliphatic rings. The van der Waals surface area contributed by atoms with Crippen LogP contribution in [0, 0.1) is 0 Å². The zero-order valence-electron chi connectivity index (χ0n) is 15.6. The molecule has 0 radical (unpaired) electrons. The summed E-state index contributed by atoms with van der Waals surface area (Å²) < 4.78 is 28.5. The lowest BCUT2D eigenvalue weighted by Crippen LogP contribution is -2.43. The zero-order chi connectivity index (χ0) is 19.3. The predicted octanol–water partition coefficient (Wildman–Crippen LogP) is 2.46. The molecule has 1 amide bonds. The first-order chi connectivity index (χ1) is 12.3. The molecule has 26 heavy (non-hydrogen) atoms. The molecule has 1 saturated heterocycles. The van der Waals surface area contributed by atoms with E-state index in [-0.39, 0.29) is 30.1 Å². The van der Waals surface area contributed by atoms with Gasteiger partial charge < -0.3 is 9.64 Å². The highest BCUT2D eigenvalue weighted by Crippen LogP contribution is 2.25. The molecule has 0 aliphatic carbocycles. The Bertz CT molecular complexity index is 754. The molecule has 0 N–H and O–H groups in total. The Morgan fingerprint density at radius 3 is 2.58 bits per heavy atom. The van der Waals surface area contributed by atoms with E-state index in [0.29, 0.717) is 17.8 Å². The predicted molar refractivity (Wildman–Crippen MR) is 102 cm³/mol. The molecule has 0 saturated carbocycles. The Labute approximate surface area is 159 Å². The number of ether oxygens (including phenoxy) is 1. The quantitative estimate of drug-likeness (QED) is 0.625. The number of likely N-dealkylation sites (N-methyl/N-ethyl adjacent to an activating group) is 1. The van der Waals surface area contributed by atoms with E-state index in [4.69, 9.17) is 4.74 Å². The number of aryl methyl sites for hydroxylation is 2. The van der Waals surface area contributed by atoms with E-state index in [1.165, 1.54) is 21.1 Å². The van der Waals surface area contributed by atoms with Gasteiger partial charge >= 0.3 is 5.97 Å². The van der Waals surface area contributed by atoms with Gasteiger partial charge in [0.15, 0.2) is 16.4 Å². The highest BCUT2D eigenvalue weighted by Gasteiger charge is 2.34. The van der Waals surface area contributed by atoms with E-state index in [0.717, 1.165) is 24.8 Å². The van der Waals surface area contributed by atoms with Crippen molar-refractivity contribution in [2.75, 3.05) is 24.7 Å². The molecule has 1 unspecified atom stereocenters. The number of hydrogen-bond acceptors (Lipinski definition) is 6. The van der Waals surface area contributed by atoms with E-state index in [9.17, 15) is 18.0 Å². The van der Waals surface area contributed by atoms with Crippen molar-refractivity contribution in [3.05, 3.63) is 21.4 Å². The Morgan fingerprint density at radius 1 is 1.31 bits per heavy atom. The van der Waals surface area contributed by atoms with E-state index in [1.807, 2.05) is 6.07 Å². The van der Waals surface area contributed by atoms with Crippen molar-refractivity contribution in [1.29, 1.82) is 0 Å². The number of rotatable bonds is 8. The Hall–Kier alpha value is -1.41. The van der Waals surface area contributed by atoms with Crippen LogP contribution in [0.4, 0.5) is 0 Å². The number of sulfone groups is 1. The van der Waals surface area contributed by atoms with Gasteiger partial charge in [0, 0.05) is 17.5 Å². The molecule has 8 heteroatoms. The summed E-state index contributed by atoms with van der Waals surface area (Å²) in [5.74, 6) is -0.734. The van der Waals surface area contributed by atoms with Crippen LogP contribution >= 0.6 is 11.3 Å². The van der Waals surface area contributed by atoms with Crippen LogP contribution in [0.1, 0.15) is 53.7 Å². The van der Waals surface area contributed by atoms with Gasteiger partial charge in [-0.25, -0.2) is 13.2 Å². The van der Waals surface area contributed by atoms with Gasteiger partial charge in [-0.15, -0.1) is 11.3 Å². The van der Waals surface area contributed by atoms with Crippen molar-refractivity contribution in [1.82, 2.24) is 4.90 Å². The maximum atomic E-state index is 12.4. The van der Waals surface area contributed by atoms with Crippen molar-refractivity contribution >= 4 is 33.1 Å². The average molecular weight is 402 g/mol. The fraction of sp³-hybridized carbons (Fsp3) is 0.667. The Kier molecular flexibility index (Phi) is 7.23. The molecule has 0 spiro atoms. The van der Waals surface area contributed by atoms with Crippen LogP contribution in [0.5, 0.6) is 0 Å². The van der Waals surface area contributed by atoms with Gasteiger partial charge in [0.05, 0.1) is 11.5 Å². The molecule has 1 aromatic rings. The minimum atomic E-state index is -3.07. The van der Waals surface area contributed by atoms with E-state index >= 15 is 0 Å². The van der Waals surface area contributed by atoms with Crippen molar-refractivity contribution < 1.29 is 22.7 Å². The third kappa shape index (κ3) is 5.07. The van der Waals surface area contributed by atoms with Crippen molar-refractivity contribution in [3.63, 3.8) is 0 Å². The molecule has 0 bridgehead atoms. The second-order valence-electron chi connectivity index (χ2n) is 6.48. The number of carbonyl (C=O) groups excluding carboxylic acids is 2. The number of amides is 1. The number of hydrogen-bond donors (Lipinski definition) is 0. The molecular formula is C18H27NO5S2. The highest BCUT2D eigenvalue weighted by atomic mass is 32.2. The SMILES string of the molecule is CCCc1sc(C(=O)OCC(=O)N(CC)C2CCS(=O)(=O)C2)cc1CC. The molecule has 1 aromatic heterocycles. The molecule has 0 aromatic carbocycles. The van der Waals surface area contributed by atoms with Gasteiger partial charge in [-0.1, -0.05) is 20.3 Å². The molecule has 2 rings (SSSR count). The third-order valence-electron chi connectivity index (χ3n) is 4.59. The van der Waals surface area contributed by atoms with Gasteiger partial charge in [0.25, 0.3) is 5.91 Å². The van der Waals surface area contributed by atoms with Gasteiger partial charge in [0.1, 0.15) is 4.88 Å². The van der Waals surface area contributed by atoms with E-state index < -0.39 is 15.8 Å². The molecule has 6 nitrogen and oxygen atoms in total. The molecule has 146 valence electrons. The van der Waals surface area contributed by atoms with E-state index in [1.54, 1.807) is 6.92 Å². The summed E-state index contributed by atoms with van der Waals surface area (Å²) in [7, 11) is -3.07. The summed E-state index contributed by atoms with van der Waals surface area (Å²) in [6.07, 6.45) is 3.24. The van der Waals surface area contributed by atoms with Crippen molar-refractivity contribution in [2.45, 2.75) is 52.5 Å². The first-order valence-corrected chi connectivity index (χ1v) is 11.7. The van der Waals surface area contributed by atoms with Gasteiger partial charge in [-0.05, 0) is 37.8 Å². The highest BCUT2D eigenvalue weighted by molar-refractivity contribution is 7.91. The molecule has 1 aliphatic heterocycles. The summed E-state index contributed by atoms with van der Waals surface area (Å²) in [5, 5.41) is 0. The van der Waals surface area contributed by atoms with Crippen LogP contribution < -0.4 is 0 Å². The number of nitrogens with zero attached hydrogens (tertiary/aromatic N) is 1. The zero-order valence-corrected chi connectivity index (χ0v) is 17.2. The number of carbonyl (C=O) groups is 2. The van der Waals surface area contributed by atoms with Gasteiger partial charge in [0.2, 0.25) is 0 Å². The maximum Gasteiger partial charge on any atom is 0.348 e. The van der Waals surface area contributed by atoms with E-state index in [2.05, 4.69) is 13.8 Å². The van der Waals surface area contributed by atoms with Gasteiger partial charge in [-0.2, -0.15) is 0 Å². The van der Waals surface area contributed by atoms with Crippen LogP contribution in [0.25, 0.3) is 0 Å². The third-order valence-corrected chi connectivity index (χ3v) is 7.56. The fourth-order valence-corrected chi connectivity index (χ4v) is 6.23. The molecule has 1 atom stereocenters. The standard InChI is InChI=1S/C18H27NO5S2/c1-4-7-15-13(5-2)10-16(25-15)18(21)24-11-17(20)19(6-3)14-8-9-26(22,23)12-14/h10,14H,4-9,11-12H2,1-3H3. The van der Waals surface area contributed by atoms with Crippen LogP contribution in [0.2, 0.25) is 0 Å². The van der Waals surface area contributed by atoms with Crippen LogP contribution in [0.15, 0.2) is 6.07 Å². The lowest BCUT2D eigenvalue weighted by atomic mass is 10.1. The number of thiophene rings is 1. The topological polar surface area (TPSA) is 80.8 Å². The smallest absolute Gasteiger partial charge is 0.348 e. The Balaban J connectivity index is 1.96. The average Bonchev–Trinajstić information content (AvgIpc) is 3.16. The summed E-state index contributed by atoms with van der Waals surface area (Å²) in [6, 6.07) is 1.53. The first-order valence-electron chi connectivity index (χ1n) is 9.09. The molecule has 2 heterocycles. The lowest BCUT2D eigenvalue weighted by Gasteiger charge is -2.26. The van der Waals surface area contributed by atoms with Crippen molar-refractivity contribution in [3.8, 4) is 0 Å². The summed E-state index contributed by atoms with van der Waals surface area (Å²) >= 11 is 1.43. The van der Waals surface area contributed by atoms with Gasteiger partial charge in [-0.3, -0.25) is 4.79 Å². The minimum Gasteiger partial charge on any atom is -0.451 e. The van der Waals surface area contributed by atoms with Crippen LogP contribution in [-0.2, 0) is 32.2 Å². The second-order valence-corrected chi connectivity index (χ2v) is 9.84. The first kappa shape index (κ1) is 20.9. The van der Waals surface area contributed by atoms with Crippen molar-refractivity contribution in [2.24, 2.45) is 0 Å². The molecule has 1 fully saturated rings. The molecular weight excluding hydrogens is 374 g/mol. The summed E-state index contributed by atoms with van der Waals surface area (Å²) in [6.45, 7) is 5.99. The summed E-state index contributed by atoms with van der Waals surface area (Å²) in [5.41, 5.74) is 1.15. The van der Waals surface area contributed by atoms with Crippen LogP contribution in [-0.4, -0.2) is 55.9 Å². The second kappa shape index (κ2) is 8.99. The normalized spacial score (nSPS) is 18.7. The minimum absolute atomic E-state index is 0.00825. The number of esters is 1. The summed E-state index contributed by atoms with van der Waals surface area (Å²) in [4.78, 5) is 27.9.